The minimum absolute atomic E-state index is 0.0391. The van der Waals surface area contributed by atoms with Crippen LogP contribution in [0, 0.1) is 0 Å². The number of amides is 1. The van der Waals surface area contributed by atoms with Gasteiger partial charge in [0.1, 0.15) is 6.04 Å². The summed E-state index contributed by atoms with van der Waals surface area (Å²) in [5.74, 6) is 0.0391. The summed E-state index contributed by atoms with van der Waals surface area (Å²) < 4.78 is 0. The highest BCUT2D eigenvalue weighted by Crippen LogP contribution is 2.37. The van der Waals surface area contributed by atoms with Gasteiger partial charge < -0.3 is 10.6 Å². The number of carbonyl (C=O) groups is 1. The number of rotatable bonds is 3. The smallest absolute Gasteiger partial charge is 0.242 e. The summed E-state index contributed by atoms with van der Waals surface area (Å²) in [5.41, 5.74) is 7.06. The van der Waals surface area contributed by atoms with Gasteiger partial charge in [-0.25, -0.2) is 0 Å². The summed E-state index contributed by atoms with van der Waals surface area (Å²) in [6.45, 7) is 0.635. The lowest BCUT2D eigenvalue weighted by Crippen LogP contribution is -2.62. The van der Waals surface area contributed by atoms with Crippen LogP contribution in [0.25, 0.3) is 0 Å². The van der Waals surface area contributed by atoms with Gasteiger partial charge in [0.05, 0.1) is 6.04 Å². The Labute approximate surface area is 110 Å². The Kier molecular flexibility index (Phi) is 2.89. The third-order valence-corrected chi connectivity index (χ3v) is 4.22. The van der Waals surface area contributed by atoms with Gasteiger partial charge in [0.2, 0.25) is 5.91 Å². The minimum atomic E-state index is -0.382. The number of hydrogen-bond acceptors (Lipinski definition) is 3. The summed E-state index contributed by atoms with van der Waals surface area (Å²) in [5, 5.41) is 2.02. The molecular formula is C14H14N2OS. The maximum atomic E-state index is 11.9. The first kappa shape index (κ1) is 11.4. The molecule has 92 valence electrons. The number of carbonyl (C=O) groups excluding carboxylic acids is 1. The van der Waals surface area contributed by atoms with Gasteiger partial charge >= 0.3 is 0 Å². The van der Waals surface area contributed by atoms with E-state index in [2.05, 4.69) is 0 Å². The second-order valence-corrected chi connectivity index (χ2v) is 5.42. The van der Waals surface area contributed by atoms with Gasteiger partial charge in [-0.1, -0.05) is 36.4 Å². The second-order valence-electron chi connectivity index (χ2n) is 4.44. The molecule has 0 bridgehead atoms. The number of likely N-dealkylation sites (tertiary alicyclic amines) is 1. The van der Waals surface area contributed by atoms with Crippen LogP contribution in [-0.4, -0.2) is 16.8 Å². The van der Waals surface area contributed by atoms with Gasteiger partial charge in [0.25, 0.3) is 0 Å². The van der Waals surface area contributed by atoms with Crippen molar-refractivity contribution >= 4 is 17.2 Å². The van der Waals surface area contributed by atoms with Crippen molar-refractivity contribution in [3.05, 3.63) is 58.3 Å². The summed E-state index contributed by atoms with van der Waals surface area (Å²) in [6, 6.07) is 13.7. The number of thiophene rings is 1. The standard InChI is InChI=1S/C14H14N2OS/c15-12-13(11-7-4-8-18-11)16(14(12)17)9-10-5-2-1-3-6-10/h1-8,12-13H,9,15H2/t12-,13-/m1/s1. The Hall–Kier alpha value is -1.65. The number of nitrogens with two attached hydrogens (primary N) is 1. The Morgan fingerprint density at radius 2 is 1.94 bits per heavy atom. The molecule has 1 aliphatic rings. The third-order valence-electron chi connectivity index (χ3n) is 3.27. The van der Waals surface area contributed by atoms with Crippen LogP contribution in [-0.2, 0) is 11.3 Å². The summed E-state index contributed by atoms with van der Waals surface area (Å²) in [7, 11) is 0. The van der Waals surface area contributed by atoms with E-state index in [1.54, 1.807) is 11.3 Å². The molecule has 2 heterocycles. The van der Waals surface area contributed by atoms with Crippen LogP contribution in [0.2, 0.25) is 0 Å². The fourth-order valence-corrected chi connectivity index (χ4v) is 3.21. The van der Waals surface area contributed by atoms with Gasteiger partial charge in [0.15, 0.2) is 0 Å². The zero-order chi connectivity index (χ0) is 12.5. The van der Waals surface area contributed by atoms with Crippen molar-refractivity contribution < 1.29 is 4.79 Å². The molecule has 1 aromatic carbocycles. The van der Waals surface area contributed by atoms with E-state index in [9.17, 15) is 4.79 Å². The molecule has 2 aromatic rings. The summed E-state index contributed by atoms with van der Waals surface area (Å²) in [4.78, 5) is 14.9. The molecule has 0 radical (unpaired) electrons. The van der Waals surface area contributed by atoms with E-state index in [-0.39, 0.29) is 18.0 Å². The van der Waals surface area contributed by atoms with Crippen molar-refractivity contribution in [3.8, 4) is 0 Å². The van der Waals surface area contributed by atoms with E-state index < -0.39 is 0 Å². The van der Waals surface area contributed by atoms with E-state index in [1.165, 1.54) is 0 Å². The normalized spacial score (nSPS) is 22.9. The molecule has 1 aliphatic heterocycles. The predicted octanol–water partition coefficient (Wildman–Crippen LogP) is 2.16. The van der Waals surface area contributed by atoms with Crippen molar-refractivity contribution in [3.63, 3.8) is 0 Å². The average Bonchev–Trinajstić information content (AvgIpc) is 2.92. The average molecular weight is 258 g/mol. The molecule has 0 unspecified atom stereocenters. The predicted molar refractivity (Wildman–Crippen MR) is 72.0 cm³/mol. The number of nitrogens with zero attached hydrogens (tertiary/aromatic N) is 1. The van der Waals surface area contributed by atoms with E-state index in [0.717, 1.165) is 10.4 Å². The Morgan fingerprint density at radius 3 is 2.61 bits per heavy atom. The lowest BCUT2D eigenvalue weighted by atomic mass is 9.93. The van der Waals surface area contributed by atoms with Gasteiger partial charge in [-0.05, 0) is 17.0 Å². The summed E-state index contributed by atoms with van der Waals surface area (Å²) in [6.07, 6.45) is 0. The van der Waals surface area contributed by atoms with E-state index in [1.807, 2.05) is 52.7 Å². The van der Waals surface area contributed by atoms with Gasteiger partial charge in [0, 0.05) is 11.4 Å². The van der Waals surface area contributed by atoms with Crippen LogP contribution >= 0.6 is 11.3 Å². The maximum absolute atomic E-state index is 11.9. The molecule has 0 aliphatic carbocycles. The van der Waals surface area contributed by atoms with Crippen LogP contribution < -0.4 is 5.73 Å². The van der Waals surface area contributed by atoms with E-state index in [0.29, 0.717) is 6.54 Å². The van der Waals surface area contributed by atoms with Crippen molar-refractivity contribution in [2.45, 2.75) is 18.6 Å². The molecule has 2 atom stereocenters. The molecule has 3 rings (SSSR count). The Bertz CT molecular complexity index is 538. The Balaban J connectivity index is 1.81. The van der Waals surface area contributed by atoms with Crippen molar-refractivity contribution in [1.29, 1.82) is 0 Å². The fourth-order valence-electron chi connectivity index (χ4n) is 2.32. The fraction of sp³-hybridized carbons (Fsp3) is 0.214. The highest BCUT2D eigenvalue weighted by molar-refractivity contribution is 7.10. The SMILES string of the molecule is N[C@H]1C(=O)N(Cc2ccccc2)[C@@H]1c1cccs1. The monoisotopic (exact) mass is 258 g/mol. The molecule has 0 saturated carbocycles. The molecule has 1 aromatic heterocycles. The lowest BCUT2D eigenvalue weighted by Gasteiger charge is -2.45. The molecule has 1 saturated heterocycles. The van der Waals surface area contributed by atoms with E-state index >= 15 is 0 Å². The van der Waals surface area contributed by atoms with Crippen molar-refractivity contribution in [2.75, 3.05) is 0 Å². The van der Waals surface area contributed by atoms with Crippen LogP contribution in [0.5, 0.6) is 0 Å². The van der Waals surface area contributed by atoms with Crippen LogP contribution in [0.15, 0.2) is 47.8 Å². The second kappa shape index (κ2) is 4.55. The first-order chi connectivity index (χ1) is 8.77. The molecule has 0 spiro atoms. The quantitative estimate of drug-likeness (QED) is 0.858. The van der Waals surface area contributed by atoms with Gasteiger partial charge in [-0.2, -0.15) is 0 Å². The number of β-lactam (4-membered cyclic amide) rings is 1. The van der Waals surface area contributed by atoms with Crippen LogP contribution in [0.4, 0.5) is 0 Å². The highest BCUT2D eigenvalue weighted by Gasteiger charge is 2.45. The molecule has 1 amide bonds. The van der Waals surface area contributed by atoms with E-state index in [4.69, 9.17) is 5.73 Å². The van der Waals surface area contributed by atoms with Crippen LogP contribution in [0.3, 0.4) is 0 Å². The zero-order valence-electron chi connectivity index (χ0n) is 9.82. The van der Waals surface area contributed by atoms with Crippen molar-refractivity contribution in [2.24, 2.45) is 5.73 Å². The maximum Gasteiger partial charge on any atom is 0.242 e. The largest absolute Gasteiger partial charge is 0.327 e. The third kappa shape index (κ3) is 1.83. The molecule has 4 heteroatoms. The number of benzene rings is 1. The van der Waals surface area contributed by atoms with Gasteiger partial charge in [-0.15, -0.1) is 11.3 Å². The van der Waals surface area contributed by atoms with Gasteiger partial charge in [-0.3, -0.25) is 4.79 Å². The topological polar surface area (TPSA) is 46.3 Å². The summed E-state index contributed by atoms with van der Waals surface area (Å²) >= 11 is 1.65. The molecule has 3 nitrogen and oxygen atoms in total. The molecule has 18 heavy (non-hydrogen) atoms. The lowest BCUT2D eigenvalue weighted by molar-refractivity contribution is -0.150. The molecular weight excluding hydrogens is 244 g/mol. The molecule has 1 fully saturated rings. The first-order valence-corrected chi connectivity index (χ1v) is 6.79. The number of hydrogen-bond donors (Lipinski definition) is 1. The molecule has 2 N–H and O–H groups in total. The first-order valence-electron chi connectivity index (χ1n) is 5.91. The Morgan fingerprint density at radius 1 is 1.17 bits per heavy atom. The van der Waals surface area contributed by atoms with Crippen LogP contribution in [0.1, 0.15) is 16.5 Å². The van der Waals surface area contributed by atoms with Crippen molar-refractivity contribution in [1.82, 2.24) is 4.90 Å². The highest BCUT2D eigenvalue weighted by atomic mass is 32.1. The zero-order valence-corrected chi connectivity index (χ0v) is 10.6. The minimum Gasteiger partial charge on any atom is -0.327 e.